The summed E-state index contributed by atoms with van der Waals surface area (Å²) in [5.41, 5.74) is 0.852. The Bertz CT molecular complexity index is 470. The normalized spacial score (nSPS) is 24.0. The maximum absolute atomic E-state index is 12.7. The zero-order valence-corrected chi connectivity index (χ0v) is 13.1. The number of aryl methyl sites for hydroxylation is 1. The van der Waals surface area contributed by atoms with Crippen molar-refractivity contribution in [3.8, 4) is 0 Å². The Labute approximate surface area is 118 Å². The molecule has 106 valence electrons. The van der Waals surface area contributed by atoms with Gasteiger partial charge >= 0.3 is 0 Å². The Morgan fingerprint density at radius 2 is 2.16 bits per heavy atom. The van der Waals surface area contributed by atoms with Crippen molar-refractivity contribution in [3.05, 3.63) is 15.6 Å². The third-order valence-electron chi connectivity index (χ3n) is 3.37. The van der Waals surface area contributed by atoms with E-state index in [1.54, 1.807) is 0 Å². The first kappa shape index (κ1) is 14.5. The molecule has 1 saturated heterocycles. The van der Waals surface area contributed by atoms with Crippen molar-refractivity contribution in [3.63, 3.8) is 0 Å². The van der Waals surface area contributed by atoms with E-state index in [0.29, 0.717) is 19.1 Å². The highest BCUT2D eigenvalue weighted by molar-refractivity contribution is 7.13. The molecule has 1 aliphatic rings. The molecular weight excluding hydrogens is 260 g/mol. The summed E-state index contributed by atoms with van der Waals surface area (Å²) in [7, 11) is 0. The average Bonchev–Trinajstić information content (AvgIpc) is 2.74. The van der Waals surface area contributed by atoms with Crippen LogP contribution in [0.1, 0.15) is 54.0 Å². The van der Waals surface area contributed by atoms with Crippen LogP contribution < -0.4 is 0 Å². The molecule has 2 atom stereocenters. The molecule has 1 fully saturated rings. The fourth-order valence-corrected chi connectivity index (χ4v) is 3.20. The Kier molecular flexibility index (Phi) is 4.26. The first-order valence-corrected chi connectivity index (χ1v) is 7.61. The van der Waals surface area contributed by atoms with Crippen LogP contribution in [-0.4, -0.2) is 41.1 Å². The van der Waals surface area contributed by atoms with E-state index in [1.807, 2.05) is 25.7 Å². The number of carbonyl (C=O) groups is 1. The summed E-state index contributed by atoms with van der Waals surface area (Å²) in [6.45, 7) is 11.4. The van der Waals surface area contributed by atoms with E-state index in [0.717, 1.165) is 15.6 Å². The van der Waals surface area contributed by atoms with Gasteiger partial charge < -0.3 is 9.64 Å². The highest BCUT2D eigenvalue weighted by Gasteiger charge is 2.30. The van der Waals surface area contributed by atoms with E-state index in [1.165, 1.54) is 11.3 Å². The summed E-state index contributed by atoms with van der Waals surface area (Å²) >= 11 is 1.53. The number of hydrogen-bond donors (Lipinski definition) is 0. The first-order chi connectivity index (χ1) is 8.90. The standard InChI is InChI=1S/C14H22N2O2S/c1-8(2)13-15-11(5)12(19-13)14(17)16-6-10(4)18-7-9(16)3/h8-10H,6-7H2,1-5H3. The molecule has 0 aliphatic carbocycles. The zero-order valence-electron chi connectivity index (χ0n) is 12.3. The Morgan fingerprint density at radius 1 is 1.47 bits per heavy atom. The van der Waals surface area contributed by atoms with Gasteiger partial charge in [0.25, 0.3) is 5.91 Å². The number of ether oxygens (including phenoxy) is 1. The Balaban J connectivity index is 2.23. The lowest BCUT2D eigenvalue weighted by atomic mass is 10.2. The molecule has 1 aliphatic heterocycles. The summed E-state index contributed by atoms with van der Waals surface area (Å²) in [5.74, 6) is 0.468. The predicted molar refractivity (Wildman–Crippen MR) is 76.9 cm³/mol. The molecule has 1 amide bonds. The van der Waals surface area contributed by atoms with E-state index in [9.17, 15) is 4.79 Å². The Morgan fingerprint density at radius 3 is 2.74 bits per heavy atom. The monoisotopic (exact) mass is 282 g/mol. The van der Waals surface area contributed by atoms with Crippen molar-refractivity contribution in [2.75, 3.05) is 13.2 Å². The molecule has 1 aromatic rings. The molecular formula is C14H22N2O2S. The second-order valence-electron chi connectivity index (χ2n) is 5.57. The van der Waals surface area contributed by atoms with E-state index in [2.05, 4.69) is 18.8 Å². The number of amides is 1. The van der Waals surface area contributed by atoms with Crippen molar-refractivity contribution < 1.29 is 9.53 Å². The molecule has 0 aromatic carbocycles. The summed E-state index contributed by atoms with van der Waals surface area (Å²) in [6.07, 6.45) is 0.109. The molecule has 0 saturated carbocycles. The van der Waals surface area contributed by atoms with Gasteiger partial charge in [-0.05, 0) is 20.8 Å². The van der Waals surface area contributed by atoms with Gasteiger partial charge in [-0.15, -0.1) is 11.3 Å². The van der Waals surface area contributed by atoms with Crippen LogP contribution in [0, 0.1) is 6.92 Å². The molecule has 19 heavy (non-hydrogen) atoms. The van der Waals surface area contributed by atoms with Crippen LogP contribution in [0.25, 0.3) is 0 Å². The highest BCUT2D eigenvalue weighted by atomic mass is 32.1. The minimum Gasteiger partial charge on any atom is -0.375 e. The van der Waals surface area contributed by atoms with Crippen molar-refractivity contribution in [2.24, 2.45) is 0 Å². The Hall–Kier alpha value is -0.940. The molecule has 2 rings (SSSR count). The topological polar surface area (TPSA) is 42.4 Å². The van der Waals surface area contributed by atoms with Gasteiger partial charge in [-0.25, -0.2) is 4.98 Å². The van der Waals surface area contributed by atoms with Gasteiger partial charge in [0.1, 0.15) is 4.88 Å². The van der Waals surface area contributed by atoms with Gasteiger partial charge in [0.2, 0.25) is 0 Å². The second kappa shape index (κ2) is 5.59. The van der Waals surface area contributed by atoms with Gasteiger partial charge in [-0.1, -0.05) is 13.8 Å². The third-order valence-corrected chi connectivity index (χ3v) is 4.82. The maximum Gasteiger partial charge on any atom is 0.266 e. The molecule has 0 N–H and O–H groups in total. The average molecular weight is 282 g/mol. The number of nitrogens with zero attached hydrogens (tertiary/aromatic N) is 2. The minimum atomic E-state index is 0.101. The molecule has 0 spiro atoms. The first-order valence-electron chi connectivity index (χ1n) is 6.80. The molecule has 2 unspecified atom stereocenters. The SMILES string of the molecule is Cc1nc(C(C)C)sc1C(=O)N1CC(C)OCC1C. The van der Waals surface area contributed by atoms with E-state index < -0.39 is 0 Å². The van der Waals surface area contributed by atoms with Gasteiger partial charge in [0, 0.05) is 12.5 Å². The minimum absolute atomic E-state index is 0.101. The lowest BCUT2D eigenvalue weighted by Gasteiger charge is -2.36. The molecule has 0 bridgehead atoms. The van der Waals surface area contributed by atoms with Crippen LogP contribution >= 0.6 is 11.3 Å². The number of thiazole rings is 1. The van der Waals surface area contributed by atoms with E-state index in [4.69, 9.17) is 4.74 Å². The van der Waals surface area contributed by atoms with Crippen molar-refractivity contribution in [2.45, 2.75) is 52.7 Å². The molecule has 0 radical (unpaired) electrons. The van der Waals surface area contributed by atoms with Crippen LogP contribution in [0.3, 0.4) is 0 Å². The van der Waals surface area contributed by atoms with Crippen LogP contribution in [0.2, 0.25) is 0 Å². The van der Waals surface area contributed by atoms with Crippen LogP contribution in [0.5, 0.6) is 0 Å². The quantitative estimate of drug-likeness (QED) is 0.837. The number of hydrogen-bond acceptors (Lipinski definition) is 4. The van der Waals surface area contributed by atoms with Gasteiger partial charge in [-0.2, -0.15) is 0 Å². The lowest BCUT2D eigenvalue weighted by Crippen LogP contribution is -2.50. The van der Waals surface area contributed by atoms with Crippen LogP contribution in [0.15, 0.2) is 0 Å². The van der Waals surface area contributed by atoms with Crippen molar-refractivity contribution in [1.29, 1.82) is 0 Å². The fourth-order valence-electron chi connectivity index (χ4n) is 2.18. The van der Waals surface area contributed by atoms with E-state index in [-0.39, 0.29) is 18.1 Å². The van der Waals surface area contributed by atoms with Crippen molar-refractivity contribution in [1.82, 2.24) is 9.88 Å². The molecule has 4 nitrogen and oxygen atoms in total. The second-order valence-corrected chi connectivity index (χ2v) is 6.60. The summed E-state index contributed by atoms with van der Waals surface area (Å²) in [6, 6.07) is 0.132. The largest absolute Gasteiger partial charge is 0.375 e. The summed E-state index contributed by atoms with van der Waals surface area (Å²) in [4.78, 5) is 19.9. The van der Waals surface area contributed by atoms with Gasteiger partial charge in [0.05, 0.1) is 29.5 Å². The molecule has 2 heterocycles. The maximum atomic E-state index is 12.7. The number of carbonyl (C=O) groups excluding carboxylic acids is 1. The summed E-state index contributed by atoms with van der Waals surface area (Å²) in [5, 5.41) is 1.04. The fraction of sp³-hybridized carbons (Fsp3) is 0.714. The smallest absolute Gasteiger partial charge is 0.266 e. The number of aromatic nitrogens is 1. The van der Waals surface area contributed by atoms with Crippen molar-refractivity contribution >= 4 is 17.2 Å². The summed E-state index contributed by atoms with van der Waals surface area (Å²) < 4.78 is 5.57. The van der Waals surface area contributed by atoms with Gasteiger partial charge in [-0.3, -0.25) is 4.79 Å². The van der Waals surface area contributed by atoms with Crippen LogP contribution in [-0.2, 0) is 4.74 Å². The van der Waals surface area contributed by atoms with Crippen LogP contribution in [0.4, 0.5) is 0 Å². The van der Waals surface area contributed by atoms with E-state index >= 15 is 0 Å². The lowest BCUT2D eigenvalue weighted by molar-refractivity contribution is -0.0385. The molecule has 1 aromatic heterocycles. The zero-order chi connectivity index (χ0) is 14.2. The van der Waals surface area contributed by atoms with Gasteiger partial charge in [0.15, 0.2) is 0 Å². The highest BCUT2D eigenvalue weighted by Crippen LogP contribution is 2.27. The molecule has 5 heteroatoms. The number of rotatable bonds is 2. The number of morpholine rings is 1. The predicted octanol–water partition coefficient (Wildman–Crippen LogP) is 2.82. The third kappa shape index (κ3) is 2.98.